The third-order valence-electron chi connectivity index (χ3n) is 3.70. The molecule has 2 heterocycles. The Morgan fingerprint density at radius 2 is 2.00 bits per heavy atom. The maximum Gasteiger partial charge on any atom is 0.107 e. The van der Waals surface area contributed by atoms with Gasteiger partial charge < -0.3 is 5.73 Å². The minimum absolute atomic E-state index is 0.136. The first-order chi connectivity index (χ1) is 9.41. The Kier molecular flexibility index (Phi) is 3.30. The van der Waals surface area contributed by atoms with E-state index in [1.807, 2.05) is 6.07 Å². The second-order valence-electron chi connectivity index (χ2n) is 6.55. The van der Waals surface area contributed by atoms with Gasteiger partial charge in [-0.1, -0.05) is 26.8 Å². The van der Waals surface area contributed by atoms with Gasteiger partial charge in [-0.15, -0.1) is 11.3 Å². The van der Waals surface area contributed by atoms with Crippen molar-refractivity contribution >= 4 is 17.0 Å². The topological polar surface area (TPSA) is 42.1 Å². The predicted molar refractivity (Wildman–Crippen MR) is 84.6 cm³/mol. The summed E-state index contributed by atoms with van der Waals surface area (Å²) in [5, 5.41) is 3.40. The molecule has 0 amide bonds. The van der Waals surface area contributed by atoms with Gasteiger partial charge in [0.25, 0.3) is 0 Å². The summed E-state index contributed by atoms with van der Waals surface area (Å²) in [4.78, 5) is 7.20. The Morgan fingerprint density at radius 1 is 1.25 bits per heavy atom. The van der Waals surface area contributed by atoms with Crippen LogP contribution in [0, 0.1) is 0 Å². The van der Waals surface area contributed by atoms with Crippen molar-refractivity contribution in [2.45, 2.75) is 45.8 Å². The van der Waals surface area contributed by atoms with E-state index in [2.05, 4.69) is 43.2 Å². The highest BCUT2D eigenvalue weighted by Gasteiger charge is 2.22. The Balaban J connectivity index is 1.70. The number of hydrogen-bond donors (Lipinski definition) is 1. The van der Waals surface area contributed by atoms with Crippen molar-refractivity contribution in [3.63, 3.8) is 0 Å². The monoisotopic (exact) mass is 287 g/mol. The molecule has 1 aliphatic rings. The zero-order valence-corrected chi connectivity index (χ0v) is 13.1. The maximum absolute atomic E-state index is 5.85. The van der Waals surface area contributed by atoms with Gasteiger partial charge in [0.2, 0.25) is 0 Å². The molecule has 3 nitrogen and oxygen atoms in total. The minimum atomic E-state index is 0.136. The van der Waals surface area contributed by atoms with Crippen LogP contribution in [-0.2, 0) is 25.0 Å². The zero-order valence-electron chi connectivity index (χ0n) is 12.3. The number of fused-ring (bicyclic) bond motifs is 1. The summed E-state index contributed by atoms with van der Waals surface area (Å²) in [6.07, 6.45) is 0. The Bertz CT molecular complexity index is 625. The Labute approximate surface area is 124 Å². The van der Waals surface area contributed by atoms with Crippen LogP contribution in [0.1, 0.15) is 42.6 Å². The van der Waals surface area contributed by atoms with Crippen LogP contribution in [0.25, 0.3) is 0 Å². The van der Waals surface area contributed by atoms with E-state index in [1.54, 1.807) is 11.3 Å². The molecule has 0 atom stereocenters. The number of rotatable bonds is 2. The molecule has 0 unspecified atom stereocenters. The van der Waals surface area contributed by atoms with Crippen molar-refractivity contribution in [1.82, 2.24) is 9.88 Å². The summed E-state index contributed by atoms with van der Waals surface area (Å²) in [5.74, 6) is 0. The summed E-state index contributed by atoms with van der Waals surface area (Å²) >= 11 is 1.77. The van der Waals surface area contributed by atoms with Crippen LogP contribution in [-0.4, -0.2) is 9.88 Å². The van der Waals surface area contributed by atoms with Crippen molar-refractivity contribution in [2.24, 2.45) is 0 Å². The SMILES string of the molecule is CC(C)(C)c1csc(CN2Cc3ccc(N)cc3C2)n1. The molecule has 0 bridgehead atoms. The molecule has 3 rings (SSSR count). The normalized spacial score (nSPS) is 15.6. The average Bonchev–Trinajstić information content (AvgIpc) is 2.94. The lowest BCUT2D eigenvalue weighted by Crippen LogP contribution is -2.16. The fourth-order valence-electron chi connectivity index (χ4n) is 2.52. The van der Waals surface area contributed by atoms with E-state index in [1.165, 1.54) is 21.8 Å². The van der Waals surface area contributed by atoms with Gasteiger partial charge in [-0.3, -0.25) is 4.90 Å². The molecule has 20 heavy (non-hydrogen) atoms. The van der Waals surface area contributed by atoms with E-state index in [9.17, 15) is 0 Å². The summed E-state index contributed by atoms with van der Waals surface area (Å²) in [7, 11) is 0. The standard InChI is InChI=1S/C16H21N3S/c1-16(2,3)14-10-20-15(18-14)9-19-7-11-4-5-13(17)6-12(11)8-19/h4-6,10H,7-9,17H2,1-3H3. The van der Waals surface area contributed by atoms with Crippen LogP contribution in [0.3, 0.4) is 0 Å². The summed E-state index contributed by atoms with van der Waals surface area (Å²) in [6, 6.07) is 6.23. The fourth-order valence-corrected chi connectivity index (χ4v) is 3.58. The maximum atomic E-state index is 5.85. The van der Waals surface area contributed by atoms with Gasteiger partial charge in [-0.05, 0) is 23.3 Å². The molecule has 106 valence electrons. The van der Waals surface area contributed by atoms with Gasteiger partial charge in [0.05, 0.1) is 12.2 Å². The average molecular weight is 287 g/mol. The first-order valence-corrected chi connectivity index (χ1v) is 7.84. The van der Waals surface area contributed by atoms with E-state index >= 15 is 0 Å². The van der Waals surface area contributed by atoms with Crippen molar-refractivity contribution in [2.75, 3.05) is 5.73 Å². The molecule has 4 heteroatoms. The molecule has 1 aromatic heterocycles. The molecule has 0 saturated heterocycles. The second kappa shape index (κ2) is 4.86. The number of hydrogen-bond acceptors (Lipinski definition) is 4. The molecule has 2 aromatic rings. The van der Waals surface area contributed by atoms with Gasteiger partial charge in [0, 0.05) is 29.6 Å². The molecule has 1 aromatic carbocycles. The van der Waals surface area contributed by atoms with Gasteiger partial charge in [-0.2, -0.15) is 0 Å². The molecule has 0 aliphatic carbocycles. The lowest BCUT2D eigenvalue weighted by Gasteiger charge is -2.15. The fraction of sp³-hybridized carbons (Fsp3) is 0.438. The number of nitrogen functional groups attached to an aromatic ring is 1. The molecule has 0 saturated carbocycles. The van der Waals surface area contributed by atoms with Crippen molar-refractivity contribution in [3.8, 4) is 0 Å². The number of benzene rings is 1. The van der Waals surface area contributed by atoms with Gasteiger partial charge in [0.15, 0.2) is 0 Å². The Morgan fingerprint density at radius 3 is 2.70 bits per heavy atom. The molecule has 0 spiro atoms. The van der Waals surface area contributed by atoms with Crippen LogP contribution < -0.4 is 5.73 Å². The molecular formula is C16H21N3S. The van der Waals surface area contributed by atoms with Crippen molar-refractivity contribution in [3.05, 3.63) is 45.4 Å². The minimum Gasteiger partial charge on any atom is -0.399 e. The van der Waals surface area contributed by atoms with Crippen molar-refractivity contribution in [1.29, 1.82) is 0 Å². The van der Waals surface area contributed by atoms with E-state index < -0.39 is 0 Å². The van der Waals surface area contributed by atoms with Gasteiger partial charge in [0.1, 0.15) is 5.01 Å². The lowest BCUT2D eigenvalue weighted by atomic mass is 9.93. The third-order valence-corrected chi connectivity index (χ3v) is 4.53. The number of anilines is 1. The van der Waals surface area contributed by atoms with E-state index in [0.717, 1.165) is 25.3 Å². The van der Waals surface area contributed by atoms with Gasteiger partial charge >= 0.3 is 0 Å². The predicted octanol–water partition coefficient (Wildman–Crippen LogP) is 3.54. The second-order valence-corrected chi connectivity index (χ2v) is 7.49. The molecule has 2 N–H and O–H groups in total. The third kappa shape index (κ3) is 2.72. The number of aromatic nitrogens is 1. The zero-order chi connectivity index (χ0) is 14.3. The lowest BCUT2D eigenvalue weighted by molar-refractivity contribution is 0.274. The molecular weight excluding hydrogens is 266 g/mol. The molecule has 1 aliphatic heterocycles. The quantitative estimate of drug-likeness (QED) is 0.859. The first kappa shape index (κ1) is 13.6. The van der Waals surface area contributed by atoms with Crippen LogP contribution in [0.5, 0.6) is 0 Å². The highest BCUT2D eigenvalue weighted by molar-refractivity contribution is 7.09. The van der Waals surface area contributed by atoms with Crippen molar-refractivity contribution < 1.29 is 0 Å². The van der Waals surface area contributed by atoms with E-state index in [0.29, 0.717) is 0 Å². The number of nitrogens with zero attached hydrogens (tertiary/aromatic N) is 2. The smallest absolute Gasteiger partial charge is 0.107 e. The largest absolute Gasteiger partial charge is 0.399 e. The van der Waals surface area contributed by atoms with Crippen LogP contribution in [0.4, 0.5) is 5.69 Å². The van der Waals surface area contributed by atoms with Crippen LogP contribution in [0.2, 0.25) is 0 Å². The molecule has 0 radical (unpaired) electrons. The Hall–Kier alpha value is -1.39. The summed E-state index contributed by atoms with van der Waals surface area (Å²) < 4.78 is 0. The van der Waals surface area contributed by atoms with Gasteiger partial charge in [-0.25, -0.2) is 4.98 Å². The van der Waals surface area contributed by atoms with E-state index in [4.69, 9.17) is 10.7 Å². The highest BCUT2D eigenvalue weighted by atomic mass is 32.1. The van der Waals surface area contributed by atoms with Crippen LogP contribution >= 0.6 is 11.3 Å². The van der Waals surface area contributed by atoms with Crippen LogP contribution in [0.15, 0.2) is 23.6 Å². The van der Waals surface area contributed by atoms with E-state index in [-0.39, 0.29) is 5.41 Å². The summed E-state index contributed by atoms with van der Waals surface area (Å²) in [5.41, 5.74) is 10.8. The highest BCUT2D eigenvalue weighted by Crippen LogP contribution is 2.28. The molecule has 0 fully saturated rings. The number of nitrogens with two attached hydrogens (primary N) is 1. The number of thiazole rings is 1. The first-order valence-electron chi connectivity index (χ1n) is 6.96. The summed E-state index contributed by atoms with van der Waals surface area (Å²) in [6.45, 7) is 9.53.